The van der Waals surface area contributed by atoms with E-state index in [0.29, 0.717) is 6.42 Å². The average molecular weight is 173 g/mol. The van der Waals surface area contributed by atoms with Gasteiger partial charge in [-0.15, -0.1) is 6.58 Å². The van der Waals surface area contributed by atoms with Crippen LogP contribution >= 0.6 is 0 Å². The molecule has 0 aromatic carbocycles. The van der Waals surface area contributed by atoms with E-state index in [-0.39, 0.29) is 16.4 Å². The highest BCUT2D eigenvalue weighted by molar-refractivity contribution is 5.89. The molecule has 0 radical (unpaired) electrons. The van der Waals surface area contributed by atoms with Crippen LogP contribution in [0.25, 0.3) is 0 Å². The molecule has 0 bridgehead atoms. The number of allylic oxidation sites excluding steroid dienone is 1. The molecule has 2 nitrogen and oxygen atoms in total. The molecule has 0 spiro atoms. The Morgan fingerprint density at radius 2 is 2.00 bits per heavy atom. The third-order valence-corrected chi connectivity index (χ3v) is 1.32. The van der Waals surface area contributed by atoms with Crippen LogP contribution in [0.15, 0.2) is 17.8 Å². The van der Waals surface area contributed by atoms with Crippen molar-refractivity contribution in [3.63, 3.8) is 0 Å². The van der Waals surface area contributed by atoms with Gasteiger partial charge in [0.2, 0.25) is 0 Å². The third kappa shape index (κ3) is 4.78. The lowest BCUT2D eigenvalue weighted by atomic mass is 9.88. The van der Waals surface area contributed by atoms with E-state index in [1.807, 2.05) is 20.8 Å². The molecule has 0 atom stereocenters. The lowest BCUT2D eigenvalue weighted by Crippen LogP contribution is -2.19. The fourth-order valence-corrected chi connectivity index (χ4v) is 0.634. The first-order valence-electron chi connectivity index (χ1n) is 3.34. The molecule has 0 amide bonds. The van der Waals surface area contributed by atoms with Crippen LogP contribution in [0.2, 0.25) is 0 Å². The second-order valence-corrected chi connectivity index (χ2v) is 3.29. The highest BCUT2D eigenvalue weighted by Crippen LogP contribution is 2.18. The van der Waals surface area contributed by atoms with E-state index >= 15 is 0 Å². The van der Waals surface area contributed by atoms with Crippen molar-refractivity contribution >= 4 is 16.7 Å². The molecule has 0 saturated heterocycles. The quantitative estimate of drug-likeness (QED) is 0.218. The maximum absolute atomic E-state index is 8.53. The van der Waals surface area contributed by atoms with Crippen molar-refractivity contribution in [1.82, 2.24) is 0 Å². The van der Waals surface area contributed by atoms with Crippen molar-refractivity contribution in [2.24, 2.45) is 10.6 Å². The summed E-state index contributed by atoms with van der Waals surface area (Å²) < 4.78 is 0. The molecular weight excluding hydrogens is 154 g/mol. The Labute approximate surface area is 73.0 Å². The molecule has 0 unspecified atom stereocenters. The van der Waals surface area contributed by atoms with Gasteiger partial charge in [0.1, 0.15) is 0 Å². The molecule has 3 heteroatoms. The van der Waals surface area contributed by atoms with Gasteiger partial charge in [0.05, 0.1) is 5.71 Å². The monoisotopic (exact) mass is 173 g/mol. The van der Waals surface area contributed by atoms with Gasteiger partial charge in [0.25, 0.3) is 0 Å². The second-order valence-electron chi connectivity index (χ2n) is 3.29. The second kappa shape index (κ2) is 5.13. The van der Waals surface area contributed by atoms with Crippen LogP contribution in [0.5, 0.6) is 0 Å². The Morgan fingerprint density at radius 3 is 2.09 bits per heavy atom. The maximum atomic E-state index is 8.53. The summed E-state index contributed by atoms with van der Waals surface area (Å²) >= 11 is 0. The standard InChI is InChI=1S/C8H15NO.H4Si/c1-5-6-7(9-10)8(2,3)4;/h5,10H,1,6H2,2-4H3;1H4. The van der Waals surface area contributed by atoms with Gasteiger partial charge in [-0.25, -0.2) is 0 Å². The Hall–Kier alpha value is -0.573. The SMILES string of the molecule is C=CCC(=NO)C(C)(C)C.[SiH4]. The third-order valence-electron chi connectivity index (χ3n) is 1.32. The molecule has 0 aromatic rings. The molecule has 11 heavy (non-hydrogen) atoms. The predicted molar refractivity (Wildman–Crippen MR) is 54.8 cm³/mol. The zero-order valence-electron chi connectivity index (χ0n) is 6.89. The summed E-state index contributed by atoms with van der Waals surface area (Å²) in [6, 6.07) is 0. The van der Waals surface area contributed by atoms with Crippen LogP contribution in [0.1, 0.15) is 27.2 Å². The molecule has 0 aliphatic carbocycles. The fraction of sp³-hybridized carbons (Fsp3) is 0.625. The predicted octanol–water partition coefficient (Wildman–Crippen LogP) is 0.987. The molecular formula is C8H19NOSi. The lowest BCUT2D eigenvalue weighted by Gasteiger charge is -2.18. The summed E-state index contributed by atoms with van der Waals surface area (Å²) in [5.74, 6) is 0. The van der Waals surface area contributed by atoms with Crippen molar-refractivity contribution in [2.45, 2.75) is 27.2 Å². The first-order chi connectivity index (χ1) is 4.52. The van der Waals surface area contributed by atoms with E-state index in [2.05, 4.69) is 11.7 Å². The summed E-state index contributed by atoms with van der Waals surface area (Å²) in [7, 11) is 0. The van der Waals surface area contributed by atoms with E-state index in [4.69, 9.17) is 5.21 Å². The largest absolute Gasteiger partial charge is 0.411 e. The van der Waals surface area contributed by atoms with Crippen LogP contribution in [0.3, 0.4) is 0 Å². The highest BCUT2D eigenvalue weighted by Gasteiger charge is 2.17. The van der Waals surface area contributed by atoms with Gasteiger partial charge in [0, 0.05) is 11.8 Å². The van der Waals surface area contributed by atoms with Crippen molar-refractivity contribution in [2.75, 3.05) is 0 Å². The number of oxime groups is 1. The lowest BCUT2D eigenvalue weighted by molar-refractivity contribution is 0.309. The molecule has 0 fully saturated rings. The van der Waals surface area contributed by atoms with Gasteiger partial charge >= 0.3 is 0 Å². The summed E-state index contributed by atoms with van der Waals surface area (Å²) in [6.07, 6.45) is 2.39. The Kier molecular flexibility index (Phi) is 6.08. The molecule has 66 valence electrons. The van der Waals surface area contributed by atoms with Gasteiger partial charge in [-0.05, 0) is 11.0 Å². The number of nitrogens with zero attached hydrogens (tertiary/aromatic N) is 1. The van der Waals surface area contributed by atoms with Crippen molar-refractivity contribution in [1.29, 1.82) is 0 Å². The Morgan fingerprint density at radius 1 is 1.55 bits per heavy atom. The Bertz CT molecular complexity index is 147. The summed E-state index contributed by atoms with van der Waals surface area (Å²) in [4.78, 5) is 0. The maximum Gasteiger partial charge on any atom is 0.0661 e. The van der Waals surface area contributed by atoms with Crippen LogP contribution in [0, 0.1) is 5.41 Å². The van der Waals surface area contributed by atoms with E-state index in [0.717, 1.165) is 5.71 Å². The normalized spacial score (nSPS) is 12.1. The molecule has 0 aliphatic heterocycles. The first kappa shape index (κ1) is 13.0. The summed E-state index contributed by atoms with van der Waals surface area (Å²) in [6.45, 7) is 9.59. The number of hydrogen-bond donors (Lipinski definition) is 1. The van der Waals surface area contributed by atoms with Crippen molar-refractivity contribution in [3.05, 3.63) is 12.7 Å². The van der Waals surface area contributed by atoms with Gasteiger partial charge in [-0.3, -0.25) is 0 Å². The fourth-order valence-electron chi connectivity index (χ4n) is 0.634. The summed E-state index contributed by atoms with van der Waals surface area (Å²) in [5.41, 5.74) is 0.714. The molecule has 0 saturated carbocycles. The van der Waals surface area contributed by atoms with E-state index < -0.39 is 0 Å². The molecule has 0 aromatic heterocycles. The minimum Gasteiger partial charge on any atom is -0.411 e. The molecule has 0 aliphatic rings. The topological polar surface area (TPSA) is 32.6 Å². The highest BCUT2D eigenvalue weighted by atomic mass is 28.1. The average Bonchev–Trinajstić information content (AvgIpc) is 1.80. The van der Waals surface area contributed by atoms with E-state index in [9.17, 15) is 0 Å². The zero-order valence-corrected chi connectivity index (χ0v) is 6.89. The zero-order chi connectivity index (χ0) is 8.20. The number of rotatable bonds is 2. The van der Waals surface area contributed by atoms with Crippen LogP contribution < -0.4 is 0 Å². The van der Waals surface area contributed by atoms with E-state index in [1.54, 1.807) is 6.08 Å². The summed E-state index contributed by atoms with van der Waals surface area (Å²) in [5, 5.41) is 11.7. The van der Waals surface area contributed by atoms with Crippen molar-refractivity contribution < 1.29 is 5.21 Å². The van der Waals surface area contributed by atoms with Crippen LogP contribution in [-0.2, 0) is 0 Å². The smallest absolute Gasteiger partial charge is 0.0661 e. The minimum atomic E-state index is -0.0526. The Balaban J connectivity index is 0. The molecule has 0 heterocycles. The van der Waals surface area contributed by atoms with Crippen LogP contribution in [0.4, 0.5) is 0 Å². The van der Waals surface area contributed by atoms with Gasteiger partial charge in [0.15, 0.2) is 0 Å². The van der Waals surface area contributed by atoms with Crippen molar-refractivity contribution in [3.8, 4) is 0 Å². The first-order valence-corrected chi connectivity index (χ1v) is 3.34. The molecule has 0 rings (SSSR count). The van der Waals surface area contributed by atoms with Gasteiger partial charge < -0.3 is 5.21 Å². The minimum absolute atomic E-state index is 0. The van der Waals surface area contributed by atoms with Gasteiger partial charge in [-0.1, -0.05) is 32.0 Å². The molecule has 1 N–H and O–H groups in total. The van der Waals surface area contributed by atoms with E-state index in [1.165, 1.54) is 0 Å². The number of hydrogen-bond acceptors (Lipinski definition) is 2. The van der Waals surface area contributed by atoms with Crippen LogP contribution in [-0.4, -0.2) is 21.9 Å². The van der Waals surface area contributed by atoms with Gasteiger partial charge in [-0.2, -0.15) is 0 Å².